The lowest BCUT2D eigenvalue weighted by Crippen LogP contribution is -2.29. The van der Waals surface area contributed by atoms with Crippen molar-refractivity contribution < 1.29 is 41.7 Å². The lowest BCUT2D eigenvalue weighted by Gasteiger charge is -2.31. The topological polar surface area (TPSA) is 157 Å². The Hall–Kier alpha value is -4.66. The van der Waals surface area contributed by atoms with Crippen molar-refractivity contribution in [3.63, 3.8) is 0 Å². The number of aliphatic hydroxyl groups excluding tert-OH is 2. The highest BCUT2D eigenvalue weighted by molar-refractivity contribution is 7.91. The number of rotatable bonds is 7. The number of esters is 1. The molecule has 294 valence electrons. The van der Waals surface area contributed by atoms with Crippen molar-refractivity contribution in [1.29, 1.82) is 0 Å². The minimum atomic E-state index is -3.62. The first-order valence-electron chi connectivity index (χ1n) is 18.4. The van der Waals surface area contributed by atoms with Crippen LogP contribution < -0.4 is 4.74 Å². The number of nitrogens with one attached hydrogen (secondary N) is 1. The van der Waals surface area contributed by atoms with E-state index < -0.39 is 56.9 Å². The summed E-state index contributed by atoms with van der Waals surface area (Å²) < 4.78 is 71.7. The highest BCUT2D eigenvalue weighted by Crippen LogP contribution is 2.41. The molecule has 55 heavy (non-hydrogen) atoms. The summed E-state index contributed by atoms with van der Waals surface area (Å²) in [7, 11) is -1.95. The van der Waals surface area contributed by atoms with Crippen LogP contribution in [0.4, 0.5) is 8.78 Å². The molecule has 3 atom stereocenters. The number of nitrogens with zero attached hydrogens (tertiary/aromatic N) is 3. The molecule has 0 spiro atoms. The molecular weight excluding hydrogens is 731 g/mol. The van der Waals surface area contributed by atoms with Gasteiger partial charge in [0.05, 0.1) is 35.0 Å². The number of fused-ring (bicyclic) bond motifs is 8. The Morgan fingerprint density at radius 2 is 1.87 bits per heavy atom. The summed E-state index contributed by atoms with van der Waals surface area (Å²) in [4.78, 5) is 20.6. The van der Waals surface area contributed by atoms with Crippen LogP contribution in [0.15, 0.2) is 60.8 Å². The summed E-state index contributed by atoms with van der Waals surface area (Å²) in [6, 6.07) is 14.8. The molecule has 1 aliphatic heterocycles. The lowest BCUT2D eigenvalue weighted by atomic mass is 9.75. The summed E-state index contributed by atoms with van der Waals surface area (Å²) in [5.41, 5.74) is 1.23. The Labute approximate surface area is 319 Å². The molecule has 3 aromatic carbocycles. The summed E-state index contributed by atoms with van der Waals surface area (Å²) in [5, 5.41) is 24.1. The minimum Gasteiger partial charge on any atom is -0.463 e. The maximum absolute atomic E-state index is 15.7. The number of benzene rings is 3. The van der Waals surface area contributed by atoms with Crippen molar-refractivity contribution in [3.8, 4) is 22.9 Å². The molecule has 3 heterocycles. The number of hydrogen-bond acceptors (Lipinski definition) is 9. The van der Waals surface area contributed by atoms with Crippen molar-refractivity contribution >= 4 is 26.7 Å². The van der Waals surface area contributed by atoms with E-state index in [1.54, 1.807) is 26.2 Å². The molecule has 4 bridgehead atoms. The van der Waals surface area contributed by atoms with E-state index in [1.165, 1.54) is 28.9 Å². The first-order valence-corrected chi connectivity index (χ1v) is 20.2. The van der Waals surface area contributed by atoms with Gasteiger partial charge in [0.1, 0.15) is 24.3 Å². The van der Waals surface area contributed by atoms with Gasteiger partial charge in [-0.3, -0.25) is 4.79 Å². The van der Waals surface area contributed by atoms with E-state index in [-0.39, 0.29) is 47.4 Å². The van der Waals surface area contributed by atoms with Crippen molar-refractivity contribution in [2.75, 3.05) is 24.7 Å². The average molecular weight is 779 g/mol. The zero-order valence-electron chi connectivity index (χ0n) is 31.7. The smallest absolute Gasteiger partial charge is 0.309 e. The van der Waals surface area contributed by atoms with Crippen LogP contribution >= 0.6 is 0 Å². The van der Waals surface area contributed by atoms with Gasteiger partial charge in [0, 0.05) is 35.8 Å². The zero-order valence-corrected chi connectivity index (χ0v) is 32.6. The standard InChI is InChI=1S/C41H48F2N4O7S/c1-25(38(50)53-23-28(49)22-48)18-26-8-6-9-27(19-26)41(4)15-7-14-40(2,3)24-55(51,52)17-13-31-30-12-16-44-35(30)21-34(43)36(31)54-29-10-11-33(42)32(20-29)37-45-39(41)46-47(37)5/h6,8-12,16,19-21,25,28,44,48-49H,7,13-15,17-18,22-24H2,1-5H3/t25-,28?,41?/m0/s1. The van der Waals surface area contributed by atoms with Crippen LogP contribution in [0, 0.1) is 23.0 Å². The molecule has 0 aliphatic carbocycles. The number of ether oxygens (including phenoxy) is 2. The van der Waals surface area contributed by atoms with Gasteiger partial charge >= 0.3 is 5.97 Å². The second-order valence-electron chi connectivity index (χ2n) is 15.7. The molecule has 2 aromatic heterocycles. The molecule has 11 nitrogen and oxygen atoms in total. The number of H-pyrrole nitrogens is 1. The molecule has 1 aliphatic rings. The van der Waals surface area contributed by atoms with Crippen LogP contribution in [0.1, 0.15) is 69.5 Å². The molecule has 3 N–H and O–H groups in total. The fourth-order valence-corrected chi connectivity index (χ4v) is 9.44. The quantitative estimate of drug-likeness (QED) is 0.155. The van der Waals surface area contributed by atoms with Crippen LogP contribution in [-0.4, -0.2) is 75.2 Å². The Balaban J connectivity index is 1.42. The fraction of sp³-hybridized carbons (Fsp3) is 0.439. The summed E-state index contributed by atoms with van der Waals surface area (Å²) >= 11 is 0. The third-order valence-electron chi connectivity index (χ3n) is 10.5. The molecule has 0 radical (unpaired) electrons. The van der Waals surface area contributed by atoms with E-state index in [4.69, 9.17) is 24.7 Å². The number of aromatic amines is 1. The van der Waals surface area contributed by atoms with Gasteiger partial charge in [-0.05, 0) is 73.4 Å². The average Bonchev–Trinajstić information content (AvgIpc) is 3.76. The van der Waals surface area contributed by atoms with Gasteiger partial charge in [0.15, 0.2) is 33.1 Å². The van der Waals surface area contributed by atoms with E-state index in [0.29, 0.717) is 48.0 Å². The monoisotopic (exact) mass is 778 g/mol. The molecule has 0 saturated carbocycles. The largest absolute Gasteiger partial charge is 0.463 e. The number of carbonyl (C=O) groups excluding carboxylic acids is 1. The van der Waals surface area contributed by atoms with Gasteiger partial charge in [-0.1, -0.05) is 51.5 Å². The zero-order chi connectivity index (χ0) is 39.7. The molecule has 5 aromatic rings. The van der Waals surface area contributed by atoms with Crippen molar-refractivity contribution in [2.24, 2.45) is 18.4 Å². The highest BCUT2D eigenvalue weighted by Gasteiger charge is 2.36. The van der Waals surface area contributed by atoms with Crippen molar-refractivity contribution in [3.05, 3.63) is 94.9 Å². The second-order valence-corrected chi connectivity index (χ2v) is 17.9. The number of aryl methyl sites for hydroxylation is 2. The number of aliphatic hydroxyl groups is 2. The minimum absolute atomic E-state index is 0.00984. The van der Waals surface area contributed by atoms with Gasteiger partial charge in [0.25, 0.3) is 0 Å². The summed E-state index contributed by atoms with van der Waals surface area (Å²) in [5.74, 6) is -1.98. The van der Waals surface area contributed by atoms with Crippen LogP contribution in [0.5, 0.6) is 11.5 Å². The lowest BCUT2D eigenvalue weighted by molar-refractivity contribution is -0.151. The molecule has 0 saturated heterocycles. The summed E-state index contributed by atoms with van der Waals surface area (Å²) in [6.45, 7) is 6.75. The third kappa shape index (κ3) is 8.92. The summed E-state index contributed by atoms with van der Waals surface area (Å²) in [6.07, 6.45) is 2.52. The van der Waals surface area contributed by atoms with Crippen LogP contribution in [0.25, 0.3) is 22.3 Å². The van der Waals surface area contributed by atoms with Crippen LogP contribution in [0.3, 0.4) is 0 Å². The first-order chi connectivity index (χ1) is 26.0. The number of halogens is 2. The number of sulfone groups is 1. The normalized spacial score (nSPS) is 19.7. The highest BCUT2D eigenvalue weighted by atomic mass is 32.2. The van der Waals surface area contributed by atoms with Gasteiger partial charge in [-0.2, -0.15) is 5.10 Å². The Morgan fingerprint density at radius 1 is 1.09 bits per heavy atom. The predicted molar refractivity (Wildman–Crippen MR) is 205 cm³/mol. The molecule has 14 heteroatoms. The van der Waals surface area contributed by atoms with E-state index in [9.17, 15) is 18.3 Å². The Morgan fingerprint density at radius 3 is 2.64 bits per heavy atom. The van der Waals surface area contributed by atoms with Crippen molar-refractivity contribution in [2.45, 2.75) is 71.3 Å². The van der Waals surface area contributed by atoms with Gasteiger partial charge in [-0.25, -0.2) is 26.9 Å². The molecule has 2 unspecified atom stereocenters. The number of hydrogen-bond donors (Lipinski definition) is 3. The SMILES string of the molecule is C[C@@H](Cc1cccc(C2(C)CCCC(C)(C)CS(=O)(=O)CCc3c(c(F)cc4[nH]ccc34)Oc3ccc(F)c(c3)-c3nc2nn3C)c1)C(=O)OCC(O)CO. The molecule has 0 amide bonds. The van der Waals surface area contributed by atoms with Gasteiger partial charge in [-0.15, -0.1) is 0 Å². The van der Waals surface area contributed by atoms with E-state index in [1.807, 2.05) is 45.0 Å². The molecule has 6 rings (SSSR count). The van der Waals surface area contributed by atoms with Crippen LogP contribution in [0.2, 0.25) is 0 Å². The van der Waals surface area contributed by atoms with Gasteiger partial charge < -0.3 is 24.7 Å². The van der Waals surface area contributed by atoms with E-state index in [0.717, 1.165) is 11.1 Å². The van der Waals surface area contributed by atoms with Gasteiger partial charge in [0.2, 0.25) is 0 Å². The number of aromatic nitrogens is 4. The maximum atomic E-state index is 15.7. The predicted octanol–water partition coefficient (Wildman–Crippen LogP) is 6.58. The Bertz CT molecular complexity index is 2300. The van der Waals surface area contributed by atoms with E-state index in [2.05, 4.69) is 4.98 Å². The third-order valence-corrected chi connectivity index (χ3v) is 12.5. The maximum Gasteiger partial charge on any atom is 0.309 e. The second kappa shape index (κ2) is 15.8. The molecular formula is C41H48F2N4O7S. The van der Waals surface area contributed by atoms with Crippen LogP contribution in [-0.2, 0) is 44.7 Å². The number of carbonyl (C=O) groups is 1. The Kier molecular flexibility index (Phi) is 11.5. The van der Waals surface area contributed by atoms with Crippen molar-refractivity contribution in [1.82, 2.24) is 19.7 Å². The van der Waals surface area contributed by atoms with E-state index >= 15 is 8.78 Å². The first kappa shape index (κ1) is 40.0. The fourth-order valence-electron chi connectivity index (χ4n) is 7.45. The molecule has 0 fully saturated rings.